The average Bonchev–Trinajstić information content (AvgIpc) is 2.78. The van der Waals surface area contributed by atoms with Gasteiger partial charge in [0, 0.05) is 26.6 Å². The molecule has 0 aromatic heterocycles. The summed E-state index contributed by atoms with van der Waals surface area (Å²) in [6.45, 7) is 3.38. The van der Waals surface area contributed by atoms with Crippen LogP contribution in [0.15, 0.2) is 24.3 Å². The van der Waals surface area contributed by atoms with E-state index >= 15 is 0 Å². The van der Waals surface area contributed by atoms with Crippen LogP contribution >= 0.6 is 0 Å². The molecule has 4 nitrogen and oxygen atoms in total. The van der Waals surface area contributed by atoms with Gasteiger partial charge in [-0.2, -0.15) is 0 Å². The summed E-state index contributed by atoms with van der Waals surface area (Å²) >= 11 is 0. The van der Waals surface area contributed by atoms with Crippen molar-refractivity contribution in [3.8, 4) is 0 Å². The van der Waals surface area contributed by atoms with Crippen LogP contribution in [0.25, 0.3) is 0 Å². The second kappa shape index (κ2) is 6.68. The maximum absolute atomic E-state index is 10.7. The number of rotatable bonds is 6. The second-order valence-corrected chi connectivity index (χ2v) is 5.19. The summed E-state index contributed by atoms with van der Waals surface area (Å²) in [4.78, 5) is 13.1. The van der Waals surface area contributed by atoms with Crippen molar-refractivity contribution in [1.82, 2.24) is 4.90 Å². The van der Waals surface area contributed by atoms with Crippen molar-refractivity contribution < 1.29 is 14.6 Å². The molecule has 2 rings (SSSR count). The van der Waals surface area contributed by atoms with E-state index in [4.69, 9.17) is 9.84 Å². The maximum atomic E-state index is 10.7. The highest BCUT2D eigenvalue weighted by Crippen LogP contribution is 2.22. The van der Waals surface area contributed by atoms with E-state index in [1.807, 2.05) is 12.1 Å². The zero-order chi connectivity index (χ0) is 13.7. The molecule has 19 heavy (non-hydrogen) atoms. The van der Waals surface area contributed by atoms with Crippen LogP contribution in [0.4, 0.5) is 0 Å². The molecule has 0 spiro atoms. The fourth-order valence-electron chi connectivity index (χ4n) is 2.72. The van der Waals surface area contributed by atoms with Crippen LogP contribution in [0.2, 0.25) is 0 Å². The lowest BCUT2D eigenvalue weighted by Crippen LogP contribution is -2.21. The summed E-state index contributed by atoms with van der Waals surface area (Å²) < 4.78 is 5.21. The Morgan fingerprint density at radius 3 is 2.84 bits per heavy atom. The predicted octanol–water partition coefficient (Wildman–Crippen LogP) is 2.13. The van der Waals surface area contributed by atoms with E-state index in [1.165, 1.54) is 11.1 Å². The van der Waals surface area contributed by atoms with Crippen molar-refractivity contribution in [3.05, 3.63) is 35.4 Å². The summed E-state index contributed by atoms with van der Waals surface area (Å²) in [6.07, 6.45) is 1.27. The number of ether oxygens (including phenoxy) is 1. The van der Waals surface area contributed by atoms with Gasteiger partial charge < -0.3 is 9.84 Å². The second-order valence-electron chi connectivity index (χ2n) is 5.19. The number of likely N-dealkylation sites (tertiary alicyclic amines) is 1. The number of hydrogen-bond donors (Lipinski definition) is 1. The highest BCUT2D eigenvalue weighted by molar-refractivity contribution is 5.67. The molecule has 0 bridgehead atoms. The first-order chi connectivity index (χ1) is 9.19. The molecule has 1 aliphatic heterocycles. The SMILES string of the molecule is COCc1ccccc1CN1CCC(CC(=O)O)C1. The van der Waals surface area contributed by atoms with Gasteiger partial charge in [0.25, 0.3) is 0 Å². The number of carboxylic acid groups (broad SMARTS) is 1. The number of carbonyl (C=O) groups is 1. The van der Waals surface area contributed by atoms with E-state index in [9.17, 15) is 4.79 Å². The normalized spacial score (nSPS) is 19.7. The number of methoxy groups -OCH3 is 1. The fraction of sp³-hybridized carbons (Fsp3) is 0.533. The van der Waals surface area contributed by atoms with E-state index in [0.717, 1.165) is 26.1 Å². The van der Waals surface area contributed by atoms with E-state index in [0.29, 0.717) is 12.5 Å². The van der Waals surface area contributed by atoms with Gasteiger partial charge in [0.1, 0.15) is 0 Å². The van der Waals surface area contributed by atoms with Gasteiger partial charge in [-0.05, 0) is 30.0 Å². The monoisotopic (exact) mass is 263 g/mol. The summed E-state index contributed by atoms with van der Waals surface area (Å²) in [7, 11) is 1.70. The molecule has 0 amide bonds. The van der Waals surface area contributed by atoms with Crippen LogP contribution < -0.4 is 0 Å². The molecule has 1 N–H and O–H groups in total. The quantitative estimate of drug-likeness (QED) is 0.854. The Morgan fingerprint density at radius 1 is 1.42 bits per heavy atom. The van der Waals surface area contributed by atoms with Gasteiger partial charge in [-0.25, -0.2) is 0 Å². The Balaban J connectivity index is 1.93. The van der Waals surface area contributed by atoms with Gasteiger partial charge in [0.2, 0.25) is 0 Å². The lowest BCUT2D eigenvalue weighted by molar-refractivity contribution is -0.138. The third-order valence-corrected chi connectivity index (χ3v) is 3.65. The summed E-state index contributed by atoms with van der Waals surface area (Å²) in [5, 5.41) is 8.83. The first kappa shape index (κ1) is 14.0. The summed E-state index contributed by atoms with van der Waals surface area (Å²) in [6, 6.07) is 8.27. The number of hydrogen-bond acceptors (Lipinski definition) is 3. The molecule has 1 aromatic rings. The van der Waals surface area contributed by atoms with Crippen molar-refractivity contribution in [2.75, 3.05) is 20.2 Å². The van der Waals surface area contributed by atoms with Gasteiger partial charge in [-0.3, -0.25) is 9.69 Å². The minimum Gasteiger partial charge on any atom is -0.481 e. The molecule has 4 heteroatoms. The highest BCUT2D eigenvalue weighted by Gasteiger charge is 2.24. The largest absolute Gasteiger partial charge is 0.481 e. The lowest BCUT2D eigenvalue weighted by atomic mass is 10.1. The number of benzene rings is 1. The third kappa shape index (κ3) is 4.04. The van der Waals surface area contributed by atoms with Gasteiger partial charge in [0.15, 0.2) is 0 Å². The molecule has 1 fully saturated rings. The van der Waals surface area contributed by atoms with Crippen LogP contribution in [-0.2, 0) is 22.7 Å². The van der Waals surface area contributed by atoms with Gasteiger partial charge >= 0.3 is 5.97 Å². The highest BCUT2D eigenvalue weighted by atomic mass is 16.5. The molecule has 1 heterocycles. The van der Waals surface area contributed by atoms with Crippen LogP contribution in [0.3, 0.4) is 0 Å². The van der Waals surface area contributed by atoms with Crippen molar-refractivity contribution in [2.45, 2.75) is 26.0 Å². The Labute approximate surface area is 114 Å². The van der Waals surface area contributed by atoms with Gasteiger partial charge in [0.05, 0.1) is 6.61 Å². The maximum Gasteiger partial charge on any atom is 0.303 e. The minimum absolute atomic E-state index is 0.288. The Kier molecular flexibility index (Phi) is 4.93. The predicted molar refractivity (Wildman–Crippen MR) is 72.8 cm³/mol. The molecular weight excluding hydrogens is 242 g/mol. The third-order valence-electron chi connectivity index (χ3n) is 3.65. The molecule has 1 saturated heterocycles. The standard InChI is InChI=1S/C15H21NO3/c1-19-11-14-5-3-2-4-13(14)10-16-7-6-12(9-16)8-15(17)18/h2-5,12H,6-11H2,1H3,(H,17,18). The molecule has 1 aliphatic rings. The molecule has 1 unspecified atom stereocenters. The number of carboxylic acids is 1. The summed E-state index contributed by atoms with van der Waals surface area (Å²) in [5.74, 6) is -0.390. The molecular formula is C15H21NO3. The molecule has 0 aliphatic carbocycles. The zero-order valence-corrected chi connectivity index (χ0v) is 11.3. The first-order valence-corrected chi connectivity index (χ1v) is 6.69. The van der Waals surface area contributed by atoms with Crippen LogP contribution in [-0.4, -0.2) is 36.2 Å². The van der Waals surface area contributed by atoms with E-state index in [-0.39, 0.29) is 6.42 Å². The molecule has 0 radical (unpaired) electrons. The lowest BCUT2D eigenvalue weighted by Gasteiger charge is -2.18. The topological polar surface area (TPSA) is 49.8 Å². The Bertz CT molecular complexity index is 433. The fourth-order valence-corrected chi connectivity index (χ4v) is 2.72. The van der Waals surface area contributed by atoms with Gasteiger partial charge in [-0.1, -0.05) is 24.3 Å². The number of nitrogens with zero attached hydrogens (tertiary/aromatic N) is 1. The zero-order valence-electron chi connectivity index (χ0n) is 11.3. The van der Waals surface area contributed by atoms with E-state index in [2.05, 4.69) is 17.0 Å². The molecule has 104 valence electrons. The molecule has 1 aromatic carbocycles. The average molecular weight is 263 g/mol. The molecule has 1 atom stereocenters. The smallest absolute Gasteiger partial charge is 0.303 e. The Morgan fingerprint density at radius 2 is 2.16 bits per heavy atom. The van der Waals surface area contributed by atoms with Crippen LogP contribution in [0.5, 0.6) is 0 Å². The molecule has 0 saturated carbocycles. The van der Waals surface area contributed by atoms with Crippen LogP contribution in [0, 0.1) is 5.92 Å². The Hall–Kier alpha value is -1.39. The van der Waals surface area contributed by atoms with Crippen molar-refractivity contribution in [2.24, 2.45) is 5.92 Å². The van der Waals surface area contributed by atoms with E-state index < -0.39 is 5.97 Å². The minimum atomic E-state index is -0.688. The number of aliphatic carboxylic acids is 1. The first-order valence-electron chi connectivity index (χ1n) is 6.69. The van der Waals surface area contributed by atoms with Crippen molar-refractivity contribution in [3.63, 3.8) is 0 Å². The van der Waals surface area contributed by atoms with Crippen molar-refractivity contribution >= 4 is 5.97 Å². The van der Waals surface area contributed by atoms with Gasteiger partial charge in [-0.15, -0.1) is 0 Å². The van der Waals surface area contributed by atoms with E-state index in [1.54, 1.807) is 7.11 Å². The van der Waals surface area contributed by atoms with Crippen LogP contribution in [0.1, 0.15) is 24.0 Å². The summed E-state index contributed by atoms with van der Waals surface area (Å²) in [5.41, 5.74) is 2.49. The van der Waals surface area contributed by atoms with Crippen molar-refractivity contribution in [1.29, 1.82) is 0 Å².